The van der Waals surface area contributed by atoms with Gasteiger partial charge in [0.2, 0.25) is 5.91 Å². The number of nitrogens with two attached hydrogens (primary N) is 1. The number of H-pyrrole nitrogens is 1. The Labute approximate surface area is 266 Å². The van der Waals surface area contributed by atoms with E-state index in [4.69, 9.17) is 34.3 Å². The van der Waals surface area contributed by atoms with Gasteiger partial charge in [-0.05, 0) is 54.8 Å². The number of halogens is 3. The number of rotatable bonds is 14. The third-order valence-corrected chi connectivity index (χ3v) is 6.99. The molecule has 0 atom stereocenters. The predicted octanol–water partition coefficient (Wildman–Crippen LogP) is 4.06. The van der Waals surface area contributed by atoms with E-state index in [0.29, 0.717) is 40.9 Å². The second kappa shape index (κ2) is 16.1. The lowest BCUT2D eigenvalue weighted by molar-refractivity contribution is -0.115. The molecular formula is C29H36Cl3N9O2. The van der Waals surface area contributed by atoms with Crippen LogP contribution in [-0.4, -0.2) is 70.2 Å². The maximum Gasteiger partial charge on any atom is 0.251 e. The van der Waals surface area contributed by atoms with Crippen LogP contribution in [0.1, 0.15) is 22.3 Å². The molecule has 2 heterocycles. The normalized spacial score (nSPS) is 10.7. The number of carbonyl (C=O) groups is 2. The van der Waals surface area contributed by atoms with Crippen LogP contribution in [0.5, 0.6) is 0 Å². The molecule has 0 aliphatic heterocycles. The topological polar surface area (TPSA) is 157 Å². The fourth-order valence-corrected chi connectivity index (χ4v) is 4.97. The minimum absolute atomic E-state index is 0. The van der Waals surface area contributed by atoms with Crippen molar-refractivity contribution in [3.05, 3.63) is 65.9 Å². The number of aromatic nitrogens is 3. The summed E-state index contributed by atoms with van der Waals surface area (Å²) in [6.45, 7) is 1.94. The zero-order chi connectivity index (χ0) is 30.1. The molecule has 0 bridgehead atoms. The zero-order valence-electron chi connectivity index (χ0n) is 23.8. The number of hydrogen-bond donors (Lipinski definition) is 6. The van der Waals surface area contributed by atoms with Crippen LogP contribution in [0.2, 0.25) is 0 Å². The summed E-state index contributed by atoms with van der Waals surface area (Å²) >= 11 is 11.8. The summed E-state index contributed by atoms with van der Waals surface area (Å²) in [6.07, 6.45) is 3.42. The number of alkyl halides is 2. The average Bonchev–Trinajstić information content (AvgIpc) is 3.56. The Kier molecular flexibility index (Phi) is 12.5. The highest BCUT2D eigenvalue weighted by atomic mass is 35.5. The molecule has 0 unspecified atom stereocenters. The van der Waals surface area contributed by atoms with Gasteiger partial charge in [-0.1, -0.05) is 12.1 Å². The predicted molar refractivity (Wildman–Crippen MR) is 177 cm³/mol. The van der Waals surface area contributed by atoms with Gasteiger partial charge < -0.3 is 36.1 Å². The van der Waals surface area contributed by atoms with Crippen molar-refractivity contribution in [2.45, 2.75) is 12.8 Å². The van der Waals surface area contributed by atoms with Crippen molar-refractivity contribution in [2.75, 3.05) is 48.2 Å². The van der Waals surface area contributed by atoms with Gasteiger partial charge in [0, 0.05) is 55.9 Å². The number of amides is 2. The Bertz CT molecular complexity index is 1530. The fourth-order valence-electron chi connectivity index (χ4n) is 4.56. The van der Waals surface area contributed by atoms with Crippen LogP contribution in [0, 0.1) is 5.41 Å². The number of nitrogens with one attached hydrogen (secondary N) is 5. The second-order valence-electron chi connectivity index (χ2n) is 9.75. The number of carbonyl (C=O) groups excluding carboxylic acids is 2. The van der Waals surface area contributed by atoms with Gasteiger partial charge in [0.1, 0.15) is 0 Å². The van der Waals surface area contributed by atoms with Crippen molar-refractivity contribution < 1.29 is 9.59 Å². The maximum absolute atomic E-state index is 12.8. The van der Waals surface area contributed by atoms with Gasteiger partial charge >= 0.3 is 0 Å². The minimum Gasteiger partial charge on any atom is -0.370 e. The van der Waals surface area contributed by atoms with Gasteiger partial charge in [0.25, 0.3) is 5.91 Å². The van der Waals surface area contributed by atoms with Crippen LogP contribution in [-0.2, 0) is 18.3 Å². The molecule has 0 aliphatic rings. The van der Waals surface area contributed by atoms with E-state index in [1.807, 2.05) is 17.7 Å². The molecule has 7 N–H and O–H groups in total. The first-order valence-corrected chi connectivity index (χ1v) is 14.6. The fraction of sp³-hybridized carbons (Fsp3) is 0.310. The molecule has 0 fully saturated rings. The average molecular weight is 649 g/mol. The summed E-state index contributed by atoms with van der Waals surface area (Å²) in [5.74, 6) is 0.941. The summed E-state index contributed by atoms with van der Waals surface area (Å²) < 4.78 is 1.84. The molecule has 0 spiro atoms. The number of aryl methyl sites for hydroxylation is 2. The first-order chi connectivity index (χ1) is 20.3. The number of fused-ring (bicyclic) bond motifs is 1. The van der Waals surface area contributed by atoms with Crippen molar-refractivity contribution in [1.82, 2.24) is 25.2 Å². The van der Waals surface area contributed by atoms with Crippen LogP contribution in [0.15, 0.2) is 54.7 Å². The number of nitrogens with zero attached hydrogens (tertiary/aromatic N) is 3. The molecule has 0 saturated carbocycles. The number of anilines is 2. The number of benzene rings is 2. The quantitative estimate of drug-likeness (QED) is 0.0524. The molecule has 230 valence electrons. The minimum atomic E-state index is -0.326. The SMILES string of the molecule is Cl.Cn1cc(NC(=O)CNC(=N)N)cc1-c1nc2cc(C(=O)NCCCc3ccc(N(CCCl)CCCl)cc3)ccc2[nH]1. The monoisotopic (exact) mass is 647 g/mol. The number of aromatic amines is 1. The Morgan fingerprint density at radius 1 is 1.07 bits per heavy atom. The van der Waals surface area contributed by atoms with Crippen molar-refractivity contribution in [3.8, 4) is 11.5 Å². The highest BCUT2D eigenvalue weighted by Crippen LogP contribution is 2.25. The summed E-state index contributed by atoms with van der Waals surface area (Å²) in [6, 6.07) is 15.5. The van der Waals surface area contributed by atoms with Gasteiger partial charge in [-0.15, -0.1) is 35.6 Å². The first kappa shape index (κ1) is 33.6. The summed E-state index contributed by atoms with van der Waals surface area (Å²) in [4.78, 5) is 35.0. The molecule has 2 aromatic heterocycles. The van der Waals surface area contributed by atoms with E-state index in [1.54, 1.807) is 24.4 Å². The third-order valence-electron chi connectivity index (χ3n) is 6.65. The smallest absolute Gasteiger partial charge is 0.251 e. The van der Waals surface area contributed by atoms with Gasteiger partial charge in [-0.2, -0.15) is 0 Å². The van der Waals surface area contributed by atoms with Crippen molar-refractivity contribution in [1.29, 1.82) is 5.41 Å². The number of guanidine groups is 1. The zero-order valence-corrected chi connectivity index (χ0v) is 26.1. The van der Waals surface area contributed by atoms with Gasteiger partial charge in [0.15, 0.2) is 11.8 Å². The lowest BCUT2D eigenvalue weighted by Gasteiger charge is -2.23. The Morgan fingerprint density at radius 2 is 1.79 bits per heavy atom. The van der Waals surface area contributed by atoms with E-state index in [2.05, 4.69) is 55.1 Å². The molecular weight excluding hydrogens is 613 g/mol. The Balaban J connectivity index is 0.00000506. The summed E-state index contributed by atoms with van der Waals surface area (Å²) in [7, 11) is 1.84. The molecule has 0 aliphatic carbocycles. The highest BCUT2D eigenvalue weighted by molar-refractivity contribution is 6.18. The highest BCUT2D eigenvalue weighted by Gasteiger charge is 2.14. The van der Waals surface area contributed by atoms with Crippen molar-refractivity contribution in [2.24, 2.45) is 12.8 Å². The third kappa shape index (κ3) is 9.28. The van der Waals surface area contributed by atoms with E-state index in [0.717, 1.165) is 42.8 Å². The summed E-state index contributed by atoms with van der Waals surface area (Å²) in [5.41, 5.74) is 10.8. The molecule has 2 aromatic carbocycles. The molecule has 11 nitrogen and oxygen atoms in total. The van der Waals surface area contributed by atoms with E-state index in [-0.39, 0.29) is 36.7 Å². The first-order valence-electron chi connectivity index (χ1n) is 13.6. The van der Waals surface area contributed by atoms with E-state index in [1.165, 1.54) is 5.56 Å². The molecule has 0 saturated heterocycles. The van der Waals surface area contributed by atoms with Crippen molar-refractivity contribution >= 4 is 75.8 Å². The van der Waals surface area contributed by atoms with E-state index in [9.17, 15) is 9.59 Å². The number of hydrogen-bond acceptors (Lipinski definition) is 5. The lowest BCUT2D eigenvalue weighted by atomic mass is 10.1. The van der Waals surface area contributed by atoms with Crippen LogP contribution >= 0.6 is 35.6 Å². The Morgan fingerprint density at radius 3 is 2.47 bits per heavy atom. The molecule has 4 rings (SSSR count). The number of imidazole rings is 1. The lowest BCUT2D eigenvalue weighted by Crippen LogP contribution is -2.36. The van der Waals surface area contributed by atoms with Crippen LogP contribution in [0.3, 0.4) is 0 Å². The van der Waals surface area contributed by atoms with Crippen LogP contribution < -0.4 is 26.6 Å². The van der Waals surface area contributed by atoms with Gasteiger partial charge in [-0.3, -0.25) is 15.0 Å². The molecule has 43 heavy (non-hydrogen) atoms. The van der Waals surface area contributed by atoms with Gasteiger partial charge in [0.05, 0.1) is 29.0 Å². The standard InChI is InChI=1S/C29H35Cl2N9O2.ClH/c1-39-18-21(36-26(41)17-35-29(32)33)16-25(39)27-37-23-9-6-20(15-24(23)38-27)28(42)34-12-2-3-19-4-7-22(8-5-19)40(13-10-30)14-11-31;/h4-9,15-16,18H,2-3,10-14,17H2,1H3,(H,34,42)(H,36,41)(H,37,38)(H4,32,33,35);1H. The van der Waals surface area contributed by atoms with Crippen LogP contribution in [0.25, 0.3) is 22.6 Å². The van der Waals surface area contributed by atoms with E-state index < -0.39 is 0 Å². The maximum atomic E-state index is 12.8. The second-order valence-corrected chi connectivity index (χ2v) is 10.5. The molecule has 0 radical (unpaired) electrons. The van der Waals surface area contributed by atoms with E-state index >= 15 is 0 Å². The molecule has 2 amide bonds. The van der Waals surface area contributed by atoms with Crippen molar-refractivity contribution in [3.63, 3.8) is 0 Å². The summed E-state index contributed by atoms with van der Waals surface area (Å²) in [5, 5.41) is 15.4. The molecule has 14 heteroatoms. The molecule has 4 aromatic rings. The van der Waals surface area contributed by atoms with Crippen LogP contribution in [0.4, 0.5) is 11.4 Å². The largest absolute Gasteiger partial charge is 0.370 e. The Hall–Kier alpha value is -3.93. The van der Waals surface area contributed by atoms with Gasteiger partial charge in [-0.25, -0.2) is 4.98 Å².